The number of rotatable bonds is 2. The van der Waals surface area contributed by atoms with Gasteiger partial charge in [-0.2, -0.15) is 0 Å². The summed E-state index contributed by atoms with van der Waals surface area (Å²) in [4.78, 5) is 12.6. The first-order valence-electron chi connectivity index (χ1n) is 7.98. The largest absolute Gasteiger partial charge is 0.378 e. The molecule has 2 heterocycles. The molecule has 3 nitrogen and oxygen atoms in total. The Bertz CT molecular complexity index is 327. The average molecular weight is 266 g/mol. The number of carbonyl (C=O) groups excluding carboxylic acids is 1. The van der Waals surface area contributed by atoms with Crippen LogP contribution in [0.15, 0.2) is 0 Å². The third-order valence-electron chi connectivity index (χ3n) is 5.26. The van der Waals surface area contributed by atoms with Crippen molar-refractivity contribution in [1.82, 2.24) is 0 Å². The van der Waals surface area contributed by atoms with Crippen molar-refractivity contribution in [2.45, 2.75) is 70.0 Å². The zero-order valence-corrected chi connectivity index (χ0v) is 12.0. The van der Waals surface area contributed by atoms with Crippen LogP contribution in [-0.4, -0.2) is 30.7 Å². The van der Waals surface area contributed by atoms with Crippen LogP contribution in [0.5, 0.6) is 0 Å². The van der Waals surface area contributed by atoms with Gasteiger partial charge in [-0.1, -0.05) is 19.3 Å². The third kappa shape index (κ3) is 2.87. The summed E-state index contributed by atoms with van der Waals surface area (Å²) in [6.45, 7) is 3.49. The van der Waals surface area contributed by atoms with Crippen LogP contribution in [0.4, 0.5) is 0 Å². The lowest BCUT2D eigenvalue weighted by molar-refractivity contribution is -0.146. The fraction of sp³-hybridized carbons (Fsp3) is 0.938. The minimum absolute atomic E-state index is 0.0436. The molecule has 3 heteroatoms. The Balaban J connectivity index is 1.62. The number of hydrogen-bond donors (Lipinski definition) is 0. The molecule has 1 saturated carbocycles. The number of ketones is 1. The molecule has 0 radical (unpaired) electrons. The predicted octanol–water partition coefficient (Wildman–Crippen LogP) is 3.11. The topological polar surface area (TPSA) is 35.5 Å². The first-order valence-corrected chi connectivity index (χ1v) is 7.98. The van der Waals surface area contributed by atoms with Crippen molar-refractivity contribution >= 4 is 5.78 Å². The number of carbonyl (C=O) groups is 1. The minimum Gasteiger partial charge on any atom is -0.378 e. The highest BCUT2D eigenvalue weighted by Gasteiger charge is 2.42. The molecular weight excluding hydrogens is 240 g/mol. The lowest BCUT2D eigenvalue weighted by Crippen LogP contribution is -2.44. The summed E-state index contributed by atoms with van der Waals surface area (Å²) in [5, 5.41) is 0. The Hall–Kier alpha value is -0.410. The van der Waals surface area contributed by atoms with Crippen LogP contribution in [0.25, 0.3) is 0 Å². The fourth-order valence-electron chi connectivity index (χ4n) is 4.16. The second kappa shape index (κ2) is 5.53. The van der Waals surface area contributed by atoms with Crippen molar-refractivity contribution in [2.75, 3.05) is 13.2 Å². The minimum atomic E-state index is 0.0436. The van der Waals surface area contributed by atoms with Crippen molar-refractivity contribution in [3.8, 4) is 0 Å². The van der Waals surface area contributed by atoms with Crippen molar-refractivity contribution in [3.05, 3.63) is 0 Å². The summed E-state index contributed by atoms with van der Waals surface area (Å²) in [5.41, 5.74) is 0.0436. The van der Waals surface area contributed by atoms with E-state index in [0.717, 1.165) is 38.7 Å². The van der Waals surface area contributed by atoms with Crippen molar-refractivity contribution in [2.24, 2.45) is 11.8 Å². The molecule has 2 saturated heterocycles. The first kappa shape index (κ1) is 13.6. The van der Waals surface area contributed by atoms with E-state index >= 15 is 0 Å². The molecule has 3 unspecified atom stereocenters. The van der Waals surface area contributed by atoms with E-state index in [-0.39, 0.29) is 23.5 Å². The summed E-state index contributed by atoms with van der Waals surface area (Å²) in [7, 11) is 0. The second-order valence-corrected chi connectivity index (χ2v) is 6.76. The van der Waals surface area contributed by atoms with E-state index < -0.39 is 0 Å². The van der Waals surface area contributed by atoms with E-state index in [1.54, 1.807) is 0 Å². The third-order valence-corrected chi connectivity index (χ3v) is 5.26. The van der Waals surface area contributed by atoms with E-state index in [1.165, 1.54) is 19.3 Å². The molecule has 108 valence electrons. The quantitative estimate of drug-likeness (QED) is 0.770. The van der Waals surface area contributed by atoms with Crippen LogP contribution >= 0.6 is 0 Å². The van der Waals surface area contributed by atoms with Crippen LogP contribution in [-0.2, 0) is 14.3 Å². The summed E-state index contributed by atoms with van der Waals surface area (Å²) < 4.78 is 11.6. The van der Waals surface area contributed by atoms with Crippen molar-refractivity contribution in [3.63, 3.8) is 0 Å². The number of ether oxygens (including phenoxy) is 2. The lowest BCUT2D eigenvalue weighted by Gasteiger charge is -2.43. The predicted molar refractivity (Wildman–Crippen MR) is 73.0 cm³/mol. The molecule has 3 fully saturated rings. The second-order valence-electron chi connectivity index (χ2n) is 6.76. The van der Waals surface area contributed by atoms with Crippen molar-refractivity contribution < 1.29 is 14.3 Å². The molecule has 0 aromatic carbocycles. The van der Waals surface area contributed by atoms with Gasteiger partial charge < -0.3 is 9.47 Å². The fourth-order valence-corrected chi connectivity index (χ4v) is 4.16. The highest BCUT2D eigenvalue weighted by atomic mass is 16.5. The van der Waals surface area contributed by atoms with Gasteiger partial charge in [0.2, 0.25) is 0 Å². The van der Waals surface area contributed by atoms with Gasteiger partial charge in [0.05, 0.1) is 18.3 Å². The molecule has 3 atom stereocenters. The maximum Gasteiger partial charge on any atom is 0.141 e. The van der Waals surface area contributed by atoms with Gasteiger partial charge in [-0.05, 0) is 39.0 Å². The van der Waals surface area contributed by atoms with Gasteiger partial charge in [-0.15, -0.1) is 0 Å². The normalized spacial score (nSPS) is 38.5. The average Bonchev–Trinajstić information content (AvgIpc) is 2.85. The number of hydrogen-bond acceptors (Lipinski definition) is 3. The molecular formula is C16H26O3. The summed E-state index contributed by atoms with van der Waals surface area (Å²) in [6, 6.07) is 0. The summed E-state index contributed by atoms with van der Waals surface area (Å²) in [6.07, 6.45) is 9.26. The van der Waals surface area contributed by atoms with Crippen LogP contribution in [0, 0.1) is 11.8 Å². The maximum atomic E-state index is 12.6. The summed E-state index contributed by atoms with van der Waals surface area (Å²) >= 11 is 0. The van der Waals surface area contributed by atoms with Crippen LogP contribution in [0.3, 0.4) is 0 Å². The Morgan fingerprint density at radius 2 is 1.95 bits per heavy atom. The lowest BCUT2D eigenvalue weighted by atomic mass is 9.73. The Morgan fingerprint density at radius 1 is 1.16 bits per heavy atom. The zero-order chi connectivity index (χ0) is 13.3. The van der Waals surface area contributed by atoms with Gasteiger partial charge >= 0.3 is 0 Å². The molecule has 3 aliphatic rings. The van der Waals surface area contributed by atoms with Crippen LogP contribution in [0.2, 0.25) is 0 Å². The van der Waals surface area contributed by atoms with Gasteiger partial charge in [0.25, 0.3) is 0 Å². The summed E-state index contributed by atoms with van der Waals surface area (Å²) in [5.74, 6) is 0.835. The monoisotopic (exact) mass is 266 g/mol. The highest BCUT2D eigenvalue weighted by molar-refractivity contribution is 5.84. The van der Waals surface area contributed by atoms with E-state index in [9.17, 15) is 4.79 Å². The molecule has 0 aromatic heterocycles. The van der Waals surface area contributed by atoms with Gasteiger partial charge in [0, 0.05) is 18.4 Å². The standard InChI is InChI=1S/C16H26O3/c1-12-9-14(11-18-12)15(17)13-5-8-19-16(10-13)6-3-2-4-7-16/h12-14H,2-11H2,1H3. The Labute approximate surface area is 116 Å². The molecule has 0 aromatic rings. The van der Waals surface area contributed by atoms with Gasteiger partial charge in [-0.25, -0.2) is 0 Å². The molecule has 0 N–H and O–H groups in total. The van der Waals surface area contributed by atoms with Gasteiger partial charge in [0.15, 0.2) is 0 Å². The Morgan fingerprint density at radius 3 is 2.63 bits per heavy atom. The van der Waals surface area contributed by atoms with E-state index in [2.05, 4.69) is 6.92 Å². The maximum absolute atomic E-state index is 12.6. The number of Topliss-reactive ketones (excluding diaryl/α,β-unsaturated/α-hetero) is 1. The van der Waals surface area contributed by atoms with Gasteiger partial charge in [-0.3, -0.25) is 4.79 Å². The van der Waals surface area contributed by atoms with E-state index in [0.29, 0.717) is 12.4 Å². The van der Waals surface area contributed by atoms with E-state index in [1.807, 2.05) is 0 Å². The molecule has 1 aliphatic carbocycles. The van der Waals surface area contributed by atoms with Crippen molar-refractivity contribution in [1.29, 1.82) is 0 Å². The first-order chi connectivity index (χ1) is 9.19. The smallest absolute Gasteiger partial charge is 0.141 e. The van der Waals surface area contributed by atoms with Crippen LogP contribution in [0.1, 0.15) is 58.3 Å². The van der Waals surface area contributed by atoms with Gasteiger partial charge in [0.1, 0.15) is 5.78 Å². The molecule has 0 bridgehead atoms. The van der Waals surface area contributed by atoms with Crippen LogP contribution < -0.4 is 0 Å². The zero-order valence-electron chi connectivity index (χ0n) is 12.0. The Kier molecular flexibility index (Phi) is 3.95. The van der Waals surface area contributed by atoms with E-state index in [4.69, 9.17) is 9.47 Å². The molecule has 0 amide bonds. The molecule has 3 rings (SSSR count). The molecule has 19 heavy (non-hydrogen) atoms. The molecule has 2 aliphatic heterocycles. The highest BCUT2D eigenvalue weighted by Crippen LogP contribution is 2.42. The SMILES string of the molecule is CC1CC(C(=O)C2CCOC3(CCCCC3)C2)CO1. The molecule has 1 spiro atoms.